The Kier molecular flexibility index (Phi) is 15.1. The minimum Gasteiger partial charge on any atom is -0.311 e. The Bertz CT molecular complexity index is 4190. The Morgan fingerprint density at radius 3 is 1.21 bits per heavy atom. The predicted molar refractivity (Wildman–Crippen MR) is 353 cm³/mol. The number of rotatable bonds is 13. The standard InChI is InChI=1S/C77H57IN2/c1-3-4-9-25-55(2)79(62-29-12-6-13-30-62)65-50-46-57(47-51-65)67-41-24-28-61(56-42-44-59(45-43-56)76-72-39-22-20-37-70(72)75(58-26-10-5-11-27-58)71-38-21-23-40-73(71)76)54-74(78)77(69-36-19-18-35-68(67)69)60-48-52-66(53-49-60)80(63-31-14-7-15-32-63)64-33-16-8-17-34-64/h3-54H,2H2,1H3/b4-3-,25-9-,28-24?,41-24?,61-28?,61-54?,67-41?,68-67?,74-54?,77-69?,77-74?. The molecular formula is C77H57IN2. The lowest BCUT2D eigenvalue weighted by atomic mass is 9.86. The van der Waals surface area contributed by atoms with Gasteiger partial charge in [-0.05, 0) is 185 Å². The van der Waals surface area contributed by atoms with Gasteiger partial charge in [0.1, 0.15) is 0 Å². The SMILES string of the molecule is C=C(/C=C\C=C/C)N(c1ccccc1)c1ccc(-c2cccc(-c3ccc(-c4c5ccccc5c(-c5ccccc5)c5ccccc45)cc3)cc(I)c(-c3ccc(N(c4ccccc4)c4ccccc4)cc3)c3ccccc23)cc1. The van der Waals surface area contributed by atoms with Crippen molar-refractivity contribution in [2.45, 2.75) is 6.92 Å². The lowest BCUT2D eigenvalue weighted by Gasteiger charge is -2.26. The van der Waals surface area contributed by atoms with Gasteiger partial charge in [-0.25, -0.2) is 0 Å². The minimum atomic E-state index is 0.870. The van der Waals surface area contributed by atoms with Gasteiger partial charge >= 0.3 is 0 Å². The van der Waals surface area contributed by atoms with Crippen molar-refractivity contribution in [3.8, 4) is 55.6 Å². The lowest BCUT2D eigenvalue weighted by Crippen LogP contribution is -2.14. The van der Waals surface area contributed by atoms with E-state index < -0.39 is 0 Å². The Balaban J connectivity index is 1.03. The highest BCUT2D eigenvalue weighted by Gasteiger charge is 2.19. The van der Waals surface area contributed by atoms with Crippen LogP contribution in [0.15, 0.2) is 328 Å². The molecule has 0 spiro atoms. The highest BCUT2D eigenvalue weighted by Crippen LogP contribution is 2.45. The zero-order valence-corrected chi connectivity index (χ0v) is 46.7. The number of nitrogens with zero attached hydrogens (tertiary/aromatic N) is 2. The van der Waals surface area contributed by atoms with E-state index in [4.69, 9.17) is 0 Å². The summed E-state index contributed by atoms with van der Waals surface area (Å²) in [4.78, 5) is 4.52. The molecule has 80 heavy (non-hydrogen) atoms. The molecule has 3 heteroatoms. The molecule has 0 aliphatic heterocycles. The van der Waals surface area contributed by atoms with Crippen molar-refractivity contribution in [1.82, 2.24) is 0 Å². The van der Waals surface area contributed by atoms with Gasteiger partial charge in [0.25, 0.3) is 0 Å². The van der Waals surface area contributed by atoms with Gasteiger partial charge in [0.05, 0.1) is 0 Å². The largest absolute Gasteiger partial charge is 0.311 e. The summed E-state index contributed by atoms with van der Waals surface area (Å²) in [5, 5.41) is 7.26. The van der Waals surface area contributed by atoms with Gasteiger partial charge in [0.15, 0.2) is 0 Å². The summed E-state index contributed by atoms with van der Waals surface area (Å²) in [6, 6.07) is 105. The molecule has 0 amide bonds. The fourth-order valence-corrected chi connectivity index (χ4v) is 12.1. The molecule has 382 valence electrons. The summed E-state index contributed by atoms with van der Waals surface area (Å²) in [5.74, 6) is 0. The summed E-state index contributed by atoms with van der Waals surface area (Å²) >= 11 is 2.59. The van der Waals surface area contributed by atoms with E-state index >= 15 is 0 Å². The molecule has 0 aliphatic carbocycles. The van der Waals surface area contributed by atoms with Crippen LogP contribution in [-0.2, 0) is 0 Å². The quantitative estimate of drug-likeness (QED) is 0.0645. The van der Waals surface area contributed by atoms with E-state index in [-0.39, 0.29) is 0 Å². The van der Waals surface area contributed by atoms with Gasteiger partial charge in [-0.2, -0.15) is 0 Å². The maximum Gasteiger partial charge on any atom is 0.0462 e. The highest BCUT2D eigenvalue weighted by molar-refractivity contribution is 14.1. The molecule has 12 aromatic rings. The van der Waals surface area contributed by atoms with Gasteiger partial charge < -0.3 is 9.80 Å². The molecule has 12 aromatic carbocycles. The zero-order chi connectivity index (χ0) is 54.2. The molecule has 12 rings (SSSR count). The molecule has 0 fully saturated rings. The van der Waals surface area contributed by atoms with Crippen LogP contribution in [0.3, 0.4) is 0 Å². The molecule has 0 bridgehead atoms. The Hall–Kier alpha value is -9.55. The van der Waals surface area contributed by atoms with E-state index in [1.54, 1.807) is 0 Å². The molecule has 0 saturated carbocycles. The number of hydrogen-bond acceptors (Lipinski definition) is 2. The molecule has 0 atom stereocenters. The van der Waals surface area contributed by atoms with E-state index in [9.17, 15) is 0 Å². The van der Waals surface area contributed by atoms with Crippen molar-refractivity contribution in [2.75, 3.05) is 9.80 Å². The summed E-state index contributed by atoms with van der Waals surface area (Å²) in [6.45, 7) is 6.54. The number of allylic oxidation sites excluding steroid dienone is 4. The molecule has 0 aliphatic rings. The number of halogens is 1. The molecule has 0 aromatic heterocycles. The first-order chi connectivity index (χ1) is 39.5. The first-order valence-electron chi connectivity index (χ1n) is 27.2. The van der Waals surface area contributed by atoms with Crippen molar-refractivity contribution in [3.63, 3.8) is 0 Å². The number of benzene rings is 11. The second kappa shape index (κ2) is 23.6. The van der Waals surface area contributed by atoms with Crippen LogP contribution in [0, 0.1) is 3.57 Å². The van der Waals surface area contributed by atoms with Crippen LogP contribution in [0.4, 0.5) is 28.4 Å². The zero-order valence-electron chi connectivity index (χ0n) is 44.5. The van der Waals surface area contributed by atoms with Crippen LogP contribution in [0.1, 0.15) is 6.92 Å². The third-order valence-corrected chi connectivity index (χ3v) is 15.7. The number of hydrogen-bond donors (Lipinski definition) is 0. The third-order valence-electron chi connectivity index (χ3n) is 14.8. The van der Waals surface area contributed by atoms with Gasteiger partial charge in [-0.15, -0.1) is 0 Å². The molecule has 0 radical (unpaired) electrons. The number of anilines is 5. The van der Waals surface area contributed by atoms with E-state index in [0.29, 0.717) is 0 Å². The summed E-state index contributed by atoms with van der Waals surface area (Å²) in [7, 11) is 0. The van der Waals surface area contributed by atoms with Crippen LogP contribution in [0.5, 0.6) is 0 Å². The van der Waals surface area contributed by atoms with Crippen LogP contribution < -0.4 is 9.80 Å². The summed E-state index contributed by atoms with van der Waals surface area (Å²) < 4.78 is 1.13. The maximum atomic E-state index is 4.51. The van der Waals surface area contributed by atoms with E-state index in [0.717, 1.165) is 81.9 Å². The van der Waals surface area contributed by atoms with Crippen molar-refractivity contribution in [3.05, 3.63) is 331 Å². The average molecular weight is 1140 g/mol. The smallest absolute Gasteiger partial charge is 0.0462 e. The van der Waals surface area contributed by atoms with Gasteiger partial charge in [0, 0.05) is 43.3 Å². The Morgan fingerprint density at radius 2 is 0.688 bits per heavy atom. The number of fused-ring (bicyclic) bond motifs is 3. The Morgan fingerprint density at radius 1 is 0.325 bits per heavy atom. The fourth-order valence-electron chi connectivity index (χ4n) is 11.1. The van der Waals surface area contributed by atoms with Crippen LogP contribution in [-0.4, -0.2) is 0 Å². The predicted octanol–water partition coefficient (Wildman–Crippen LogP) is 22.5. The fraction of sp³-hybridized carbons (Fsp3) is 0.0130. The topological polar surface area (TPSA) is 6.48 Å². The van der Waals surface area contributed by atoms with Crippen LogP contribution >= 0.6 is 22.6 Å². The molecular weight excluding hydrogens is 1080 g/mol. The second-order valence-electron chi connectivity index (χ2n) is 19.7. The normalized spacial score (nSPS) is 11.3. The first-order valence-corrected chi connectivity index (χ1v) is 28.2. The van der Waals surface area contributed by atoms with Crippen molar-refractivity contribution in [2.24, 2.45) is 0 Å². The summed E-state index contributed by atoms with van der Waals surface area (Å²) in [5.41, 5.74) is 17.9. The molecule has 0 unspecified atom stereocenters. The highest BCUT2D eigenvalue weighted by atomic mass is 127. The maximum absolute atomic E-state index is 4.51. The van der Waals surface area contributed by atoms with Gasteiger partial charge in [0.2, 0.25) is 0 Å². The first kappa shape index (κ1) is 51.2. The van der Waals surface area contributed by atoms with Crippen LogP contribution in [0.2, 0.25) is 0 Å². The second-order valence-corrected chi connectivity index (χ2v) is 20.9. The van der Waals surface area contributed by atoms with Crippen molar-refractivity contribution < 1.29 is 0 Å². The van der Waals surface area contributed by atoms with Gasteiger partial charge in [-0.1, -0.05) is 249 Å². The van der Waals surface area contributed by atoms with Crippen molar-refractivity contribution >= 4 is 83.3 Å². The van der Waals surface area contributed by atoms with Gasteiger partial charge in [-0.3, -0.25) is 0 Å². The lowest BCUT2D eigenvalue weighted by molar-refractivity contribution is 1.22. The monoisotopic (exact) mass is 1140 g/mol. The average Bonchev–Trinajstić information content (AvgIpc) is 3.66. The molecule has 0 N–H and O–H groups in total. The molecule has 2 nitrogen and oxygen atoms in total. The van der Waals surface area contributed by atoms with E-state index in [1.165, 1.54) is 43.8 Å². The number of para-hydroxylation sites is 3. The third kappa shape index (κ3) is 10.5. The van der Waals surface area contributed by atoms with E-state index in [2.05, 4.69) is 330 Å². The van der Waals surface area contributed by atoms with Crippen molar-refractivity contribution in [1.29, 1.82) is 0 Å². The summed E-state index contributed by atoms with van der Waals surface area (Å²) in [6.07, 6.45) is 8.15. The molecule has 0 heterocycles. The minimum absolute atomic E-state index is 0.870. The van der Waals surface area contributed by atoms with Crippen LogP contribution in [0.25, 0.3) is 88.0 Å². The van der Waals surface area contributed by atoms with E-state index in [1.807, 2.05) is 31.2 Å². The Labute approximate surface area is 483 Å². The molecule has 0 saturated heterocycles.